The molecule has 2 aromatic carbocycles. The van der Waals surface area contributed by atoms with Crippen molar-refractivity contribution in [1.82, 2.24) is 5.32 Å². The Morgan fingerprint density at radius 1 is 1.11 bits per heavy atom. The molecular weight excluding hydrogens is 362 g/mol. The molecule has 0 spiro atoms. The van der Waals surface area contributed by atoms with Crippen molar-refractivity contribution in [2.45, 2.75) is 51.2 Å². The average molecular weight is 390 g/mol. The van der Waals surface area contributed by atoms with Crippen LogP contribution in [0.1, 0.15) is 43.0 Å². The van der Waals surface area contributed by atoms with Gasteiger partial charge in [0.15, 0.2) is 15.9 Å². The maximum Gasteiger partial charge on any atom is 0.261 e. The largest absolute Gasteiger partial charge is 0.481 e. The van der Waals surface area contributed by atoms with Gasteiger partial charge in [-0.15, -0.1) is 0 Å². The van der Waals surface area contributed by atoms with Crippen LogP contribution < -0.4 is 10.1 Å². The summed E-state index contributed by atoms with van der Waals surface area (Å²) in [5, 5.41) is 2.98. The van der Waals surface area contributed by atoms with Gasteiger partial charge >= 0.3 is 0 Å². The van der Waals surface area contributed by atoms with Gasteiger partial charge in [-0.3, -0.25) is 4.79 Å². The van der Waals surface area contributed by atoms with Crippen molar-refractivity contribution in [3.05, 3.63) is 59.2 Å². The lowest BCUT2D eigenvalue weighted by molar-refractivity contribution is -0.128. The van der Waals surface area contributed by atoms with Gasteiger partial charge in [0.05, 0.1) is 10.9 Å². The number of ether oxygens (including phenoxy) is 1. The highest BCUT2D eigenvalue weighted by atomic mass is 32.2. The van der Waals surface area contributed by atoms with E-state index in [0.29, 0.717) is 12.2 Å². The molecule has 1 N–H and O–H groups in total. The predicted molar refractivity (Wildman–Crippen MR) is 107 cm³/mol. The smallest absolute Gasteiger partial charge is 0.261 e. The van der Waals surface area contributed by atoms with Crippen LogP contribution in [0.15, 0.2) is 47.4 Å². The zero-order valence-corrected chi connectivity index (χ0v) is 17.3. The first-order valence-corrected chi connectivity index (χ1v) is 10.8. The van der Waals surface area contributed by atoms with Gasteiger partial charge < -0.3 is 10.1 Å². The molecule has 0 aliphatic carbocycles. The van der Waals surface area contributed by atoms with E-state index in [-0.39, 0.29) is 16.8 Å². The summed E-state index contributed by atoms with van der Waals surface area (Å²) in [5.74, 6) is 0.484. The van der Waals surface area contributed by atoms with Crippen LogP contribution >= 0.6 is 0 Å². The molecule has 0 radical (unpaired) electrons. The standard InChI is InChI=1S/C21H27NO4S/c1-6-19(17-9-11-18(12-10-17)27(5,24)25)22-21(23)16(4)26-20-13-14(2)7-8-15(20)3/h7-13,16,19H,6H2,1-5H3,(H,22,23)/t16-,19-/m0/s1. The summed E-state index contributed by atoms with van der Waals surface area (Å²) < 4.78 is 29.0. The minimum atomic E-state index is -3.24. The molecule has 2 rings (SSSR count). The molecule has 6 heteroatoms. The molecule has 0 bridgehead atoms. The number of hydrogen-bond acceptors (Lipinski definition) is 4. The summed E-state index contributed by atoms with van der Waals surface area (Å²) in [6.07, 6.45) is 1.21. The van der Waals surface area contributed by atoms with E-state index in [4.69, 9.17) is 4.74 Å². The number of nitrogens with one attached hydrogen (secondary N) is 1. The second-order valence-corrected chi connectivity index (χ2v) is 8.86. The molecule has 0 aliphatic rings. The Hall–Kier alpha value is -2.34. The molecule has 146 valence electrons. The number of hydrogen-bond donors (Lipinski definition) is 1. The van der Waals surface area contributed by atoms with Crippen LogP contribution in [0.2, 0.25) is 0 Å². The first-order chi connectivity index (χ1) is 12.6. The highest BCUT2D eigenvalue weighted by Crippen LogP contribution is 2.22. The Balaban J connectivity index is 2.08. The van der Waals surface area contributed by atoms with Crippen molar-refractivity contribution >= 4 is 15.7 Å². The second-order valence-electron chi connectivity index (χ2n) is 6.84. The van der Waals surface area contributed by atoms with Gasteiger partial charge in [-0.1, -0.05) is 31.2 Å². The fourth-order valence-electron chi connectivity index (χ4n) is 2.74. The molecule has 2 atom stereocenters. The lowest BCUT2D eigenvalue weighted by atomic mass is 10.0. The van der Waals surface area contributed by atoms with Crippen LogP contribution in [0, 0.1) is 13.8 Å². The molecule has 0 aromatic heterocycles. The lowest BCUT2D eigenvalue weighted by Gasteiger charge is -2.22. The Morgan fingerprint density at radius 2 is 1.74 bits per heavy atom. The van der Waals surface area contributed by atoms with E-state index in [9.17, 15) is 13.2 Å². The molecule has 0 heterocycles. The van der Waals surface area contributed by atoms with Gasteiger partial charge in [-0.25, -0.2) is 8.42 Å². The minimum absolute atomic E-state index is 0.212. The van der Waals surface area contributed by atoms with Gasteiger partial charge in [0.1, 0.15) is 5.75 Å². The number of carbonyl (C=O) groups is 1. The van der Waals surface area contributed by atoms with Crippen LogP contribution in [0.4, 0.5) is 0 Å². The summed E-state index contributed by atoms with van der Waals surface area (Å²) >= 11 is 0. The molecule has 0 saturated carbocycles. The highest BCUT2D eigenvalue weighted by Gasteiger charge is 2.20. The van der Waals surface area contributed by atoms with Crippen LogP contribution in [0.5, 0.6) is 5.75 Å². The average Bonchev–Trinajstić information content (AvgIpc) is 2.61. The molecule has 0 saturated heterocycles. The number of benzene rings is 2. The summed E-state index contributed by atoms with van der Waals surface area (Å²) in [6.45, 7) is 7.60. The maximum atomic E-state index is 12.6. The number of rotatable bonds is 7. The summed E-state index contributed by atoms with van der Waals surface area (Å²) in [6, 6.07) is 12.3. The second kappa shape index (κ2) is 8.57. The Labute approximate surface area is 161 Å². The van der Waals surface area contributed by atoms with Crippen molar-refractivity contribution in [1.29, 1.82) is 0 Å². The summed E-state index contributed by atoms with van der Waals surface area (Å²) in [4.78, 5) is 12.8. The van der Waals surface area contributed by atoms with Gasteiger partial charge in [-0.2, -0.15) is 0 Å². The number of aryl methyl sites for hydroxylation is 2. The molecule has 5 nitrogen and oxygen atoms in total. The molecule has 2 aromatic rings. The van der Waals surface area contributed by atoms with Gasteiger partial charge in [0, 0.05) is 6.26 Å². The fourth-order valence-corrected chi connectivity index (χ4v) is 3.37. The van der Waals surface area contributed by atoms with Crippen molar-refractivity contribution < 1.29 is 17.9 Å². The van der Waals surface area contributed by atoms with Gasteiger partial charge in [0.25, 0.3) is 5.91 Å². The van der Waals surface area contributed by atoms with E-state index in [0.717, 1.165) is 16.7 Å². The maximum absolute atomic E-state index is 12.6. The molecular formula is C21H27NO4S. The van der Waals surface area contributed by atoms with Crippen LogP contribution in [0.3, 0.4) is 0 Å². The normalized spacial score (nSPS) is 13.7. The zero-order valence-electron chi connectivity index (χ0n) is 16.4. The Kier molecular flexibility index (Phi) is 6.65. The number of amides is 1. The Morgan fingerprint density at radius 3 is 2.30 bits per heavy atom. The number of sulfone groups is 1. The fraction of sp³-hybridized carbons (Fsp3) is 0.381. The first-order valence-electron chi connectivity index (χ1n) is 8.96. The van der Waals surface area contributed by atoms with E-state index in [1.54, 1.807) is 31.2 Å². The van der Waals surface area contributed by atoms with Crippen molar-refractivity contribution in [2.75, 3.05) is 6.26 Å². The molecule has 1 amide bonds. The van der Waals surface area contributed by atoms with Crippen molar-refractivity contribution in [3.63, 3.8) is 0 Å². The molecule has 0 fully saturated rings. The quantitative estimate of drug-likeness (QED) is 0.783. The minimum Gasteiger partial charge on any atom is -0.481 e. The lowest BCUT2D eigenvalue weighted by Crippen LogP contribution is -2.38. The van der Waals surface area contributed by atoms with Crippen molar-refractivity contribution in [2.24, 2.45) is 0 Å². The van der Waals surface area contributed by atoms with Crippen LogP contribution in [-0.4, -0.2) is 26.7 Å². The van der Waals surface area contributed by atoms with E-state index >= 15 is 0 Å². The number of carbonyl (C=O) groups excluding carboxylic acids is 1. The molecule has 27 heavy (non-hydrogen) atoms. The Bertz CT molecular complexity index is 904. The van der Waals surface area contributed by atoms with Crippen LogP contribution in [0.25, 0.3) is 0 Å². The first kappa shape index (κ1) is 21.0. The molecule has 0 aliphatic heterocycles. The monoisotopic (exact) mass is 389 g/mol. The highest BCUT2D eigenvalue weighted by molar-refractivity contribution is 7.90. The third kappa shape index (κ3) is 5.57. The predicted octanol–water partition coefficient (Wildman–Crippen LogP) is 3.74. The van der Waals surface area contributed by atoms with E-state index < -0.39 is 15.9 Å². The third-order valence-electron chi connectivity index (χ3n) is 4.45. The van der Waals surface area contributed by atoms with Gasteiger partial charge in [-0.05, 0) is 62.1 Å². The third-order valence-corrected chi connectivity index (χ3v) is 5.58. The zero-order chi connectivity index (χ0) is 20.2. The van der Waals surface area contributed by atoms with Crippen LogP contribution in [-0.2, 0) is 14.6 Å². The SMILES string of the molecule is CC[C@H](NC(=O)[C@H](C)Oc1cc(C)ccc1C)c1ccc(S(C)(=O)=O)cc1. The summed E-state index contributed by atoms with van der Waals surface area (Å²) in [7, 11) is -3.24. The molecule has 0 unspecified atom stereocenters. The summed E-state index contributed by atoms with van der Waals surface area (Å²) in [5.41, 5.74) is 2.90. The van der Waals surface area contributed by atoms with Crippen molar-refractivity contribution in [3.8, 4) is 5.75 Å². The van der Waals surface area contributed by atoms with E-state index in [1.807, 2.05) is 39.0 Å². The van der Waals surface area contributed by atoms with Gasteiger partial charge in [0.2, 0.25) is 0 Å². The van der Waals surface area contributed by atoms with E-state index in [2.05, 4.69) is 5.32 Å². The van der Waals surface area contributed by atoms with E-state index in [1.165, 1.54) is 6.26 Å². The topological polar surface area (TPSA) is 72.5 Å².